The van der Waals surface area contributed by atoms with E-state index in [-0.39, 0.29) is 12.4 Å². The lowest BCUT2D eigenvalue weighted by Crippen LogP contribution is -2.03. The van der Waals surface area contributed by atoms with Crippen molar-refractivity contribution in [3.8, 4) is 0 Å². The van der Waals surface area contributed by atoms with Crippen LogP contribution in [0.3, 0.4) is 0 Å². The Morgan fingerprint density at radius 3 is 2.00 bits per heavy atom. The summed E-state index contributed by atoms with van der Waals surface area (Å²) in [6, 6.07) is 10.8. The summed E-state index contributed by atoms with van der Waals surface area (Å²) in [4.78, 5) is 0. The third-order valence-electron chi connectivity index (χ3n) is 3.19. The number of halogens is 1. The fourth-order valence-corrected chi connectivity index (χ4v) is 3.67. The van der Waals surface area contributed by atoms with Crippen molar-refractivity contribution in [2.75, 3.05) is 0 Å². The van der Waals surface area contributed by atoms with Crippen LogP contribution in [0.1, 0.15) is 27.8 Å². The minimum Gasteiger partial charge on any atom is -0.326 e. The van der Waals surface area contributed by atoms with Crippen LogP contribution in [0.4, 0.5) is 4.39 Å². The van der Waals surface area contributed by atoms with E-state index in [1.165, 1.54) is 12.1 Å². The van der Waals surface area contributed by atoms with Gasteiger partial charge in [0.25, 0.3) is 0 Å². The predicted molar refractivity (Wildman–Crippen MR) is 85.8 cm³/mol. The van der Waals surface area contributed by atoms with Crippen molar-refractivity contribution in [1.29, 1.82) is 0 Å². The molecule has 1 unspecified atom stereocenters. The van der Waals surface area contributed by atoms with E-state index in [0.717, 1.165) is 27.8 Å². The van der Waals surface area contributed by atoms with E-state index in [4.69, 9.17) is 5.73 Å². The van der Waals surface area contributed by atoms with Crippen LogP contribution in [0, 0.1) is 19.7 Å². The molecule has 0 aromatic heterocycles. The molecule has 0 radical (unpaired) electrons. The standard InChI is InChI=1S/C17H20FNOS/c1-12-3-13(2)5-15(4-12)10-21(20)11-16-6-14(9-19)7-17(18)8-16/h3-8H,9-11,19H2,1-2H3. The lowest BCUT2D eigenvalue weighted by atomic mass is 10.1. The van der Waals surface area contributed by atoms with Crippen LogP contribution in [0.15, 0.2) is 36.4 Å². The van der Waals surface area contributed by atoms with E-state index >= 15 is 0 Å². The van der Waals surface area contributed by atoms with Crippen LogP contribution >= 0.6 is 0 Å². The Bertz CT molecular complexity index is 650. The van der Waals surface area contributed by atoms with E-state index < -0.39 is 10.8 Å². The van der Waals surface area contributed by atoms with Crippen LogP contribution in [0.2, 0.25) is 0 Å². The summed E-state index contributed by atoms with van der Waals surface area (Å²) in [7, 11) is -1.06. The molecule has 0 aliphatic rings. The molecule has 0 spiro atoms. The largest absolute Gasteiger partial charge is 0.326 e. The first kappa shape index (κ1) is 15.9. The van der Waals surface area contributed by atoms with Crippen molar-refractivity contribution in [3.63, 3.8) is 0 Å². The van der Waals surface area contributed by atoms with Gasteiger partial charge in [-0.1, -0.05) is 35.4 Å². The lowest BCUT2D eigenvalue weighted by molar-refractivity contribution is 0.623. The zero-order valence-electron chi connectivity index (χ0n) is 12.4. The maximum atomic E-state index is 13.4. The Morgan fingerprint density at radius 1 is 0.905 bits per heavy atom. The van der Waals surface area contributed by atoms with Gasteiger partial charge in [-0.05, 0) is 42.7 Å². The van der Waals surface area contributed by atoms with Crippen molar-refractivity contribution in [2.45, 2.75) is 31.9 Å². The number of nitrogens with two attached hydrogens (primary N) is 1. The van der Waals surface area contributed by atoms with E-state index in [9.17, 15) is 8.60 Å². The molecule has 0 amide bonds. The third-order valence-corrected chi connectivity index (χ3v) is 4.50. The normalized spacial score (nSPS) is 12.4. The van der Waals surface area contributed by atoms with Gasteiger partial charge in [0.1, 0.15) is 5.82 Å². The van der Waals surface area contributed by atoms with Gasteiger partial charge in [-0.15, -0.1) is 0 Å². The predicted octanol–water partition coefficient (Wildman–Crippen LogP) is 3.35. The van der Waals surface area contributed by atoms with Crippen LogP contribution in [-0.4, -0.2) is 4.21 Å². The monoisotopic (exact) mass is 305 g/mol. The van der Waals surface area contributed by atoms with E-state index in [1.807, 2.05) is 32.0 Å². The van der Waals surface area contributed by atoms with Crippen LogP contribution in [0.5, 0.6) is 0 Å². The molecular formula is C17H20FNOS. The molecule has 0 aliphatic heterocycles. The van der Waals surface area contributed by atoms with Gasteiger partial charge in [0.2, 0.25) is 0 Å². The van der Waals surface area contributed by atoms with Crippen LogP contribution in [0.25, 0.3) is 0 Å². The van der Waals surface area contributed by atoms with E-state index in [1.54, 1.807) is 0 Å². The van der Waals surface area contributed by atoms with Gasteiger partial charge >= 0.3 is 0 Å². The highest BCUT2D eigenvalue weighted by molar-refractivity contribution is 7.83. The van der Waals surface area contributed by atoms with E-state index in [2.05, 4.69) is 6.07 Å². The average molecular weight is 305 g/mol. The molecule has 0 saturated carbocycles. The fraction of sp³-hybridized carbons (Fsp3) is 0.294. The SMILES string of the molecule is Cc1cc(C)cc(CS(=O)Cc2cc(F)cc(CN)c2)c1. The molecule has 21 heavy (non-hydrogen) atoms. The first-order valence-corrected chi connectivity index (χ1v) is 8.35. The molecule has 0 bridgehead atoms. The van der Waals surface area contributed by atoms with Crippen LogP contribution < -0.4 is 5.73 Å². The molecule has 0 saturated heterocycles. The highest BCUT2D eigenvalue weighted by atomic mass is 32.2. The maximum Gasteiger partial charge on any atom is 0.123 e. The molecule has 0 fully saturated rings. The molecule has 2 rings (SSSR count). The number of rotatable bonds is 5. The minimum atomic E-state index is -1.06. The summed E-state index contributed by atoms with van der Waals surface area (Å²) in [5.74, 6) is 0.505. The number of hydrogen-bond acceptors (Lipinski definition) is 2. The van der Waals surface area contributed by atoms with Crippen LogP contribution in [-0.2, 0) is 28.9 Å². The Kier molecular flexibility index (Phi) is 5.26. The second-order valence-electron chi connectivity index (χ2n) is 5.40. The summed E-state index contributed by atoms with van der Waals surface area (Å²) >= 11 is 0. The number of hydrogen-bond donors (Lipinski definition) is 1. The van der Waals surface area contributed by atoms with Crippen molar-refractivity contribution < 1.29 is 8.60 Å². The van der Waals surface area contributed by atoms with Gasteiger partial charge in [-0.2, -0.15) is 0 Å². The minimum absolute atomic E-state index is 0.286. The first-order chi connectivity index (χ1) is 9.96. The van der Waals surface area contributed by atoms with Crippen molar-refractivity contribution >= 4 is 10.8 Å². The lowest BCUT2D eigenvalue weighted by Gasteiger charge is -2.07. The molecule has 2 N–H and O–H groups in total. The van der Waals surface area contributed by atoms with Gasteiger partial charge < -0.3 is 5.73 Å². The van der Waals surface area contributed by atoms with Gasteiger partial charge in [-0.25, -0.2) is 4.39 Å². The highest BCUT2D eigenvalue weighted by Gasteiger charge is 2.07. The Balaban J connectivity index is 2.09. The molecule has 0 heterocycles. The van der Waals surface area contributed by atoms with Gasteiger partial charge in [0.05, 0.1) is 0 Å². The van der Waals surface area contributed by atoms with Gasteiger partial charge in [0, 0.05) is 28.9 Å². The first-order valence-electron chi connectivity index (χ1n) is 6.87. The Hall–Kier alpha value is -1.52. The topological polar surface area (TPSA) is 43.1 Å². The molecule has 4 heteroatoms. The molecular weight excluding hydrogens is 285 g/mol. The number of aryl methyl sites for hydroxylation is 2. The molecule has 1 atom stereocenters. The Morgan fingerprint density at radius 2 is 1.43 bits per heavy atom. The summed E-state index contributed by atoms with van der Waals surface area (Å²) in [5.41, 5.74) is 10.4. The second kappa shape index (κ2) is 6.96. The van der Waals surface area contributed by atoms with Gasteiger partial charge in [0.15, 0.2) is 0 Å². The molecule has 0 aliphatic carbocycles. The molecule has 2 aromatic carbocycles. The summed E-state index contributed by atoms with van der Waals surface area (Å²) in [6.45, 7) is 4.34. The maximum absolute atomic E-state index is 13.4. The van der Waals surface area contributed by atoms with Crippen molar-refractivity contribution in [3.05, 3.63) is 70.0 Å². The fourth-order valence-electron chi connectivity index (χ4n) is 2.49. The van der Waals surface area contributed by atoms with E-state index in [0.29, 0.717) is 11.5 Å². The molecule has 2 aromatic rings. The third kappa shape index (κ3) is 4.76. The summed E-state index contributed by atoms with van der Waals surface area (Å²) in [6.07, 6.45) is 0. The number of benzene rings is 2. The smallest absolute Gasteiger partial charge is 0.123 e. The zero-order chi connectivity index (χ0) is 15.4. The summed E-state index contributed by atoms with van der Waals surface area (Å²) in [5, 5.41) is 0. The van der Waals surface area contributed by atoms with Crippen molar-refractivity contribution in [1.82, 2.24) is 0 Å². The highest BCUT2D eigenvalue weighted by Crippen LogP contribution is 2.15. The van der Waals surface area contributed by atoms with Crippen molar-refractivity contribution in [2.24, 2.45) is 5.73 Å². The molecule has 2 nitrogen and oxygen atoms in total. The quantitative estimate of drug-likeness (QED) is 0.920. The zero-order valence-corrected chi connectivity index (χ0v) is 13.2. The van der Waals surface area contributed by atoms with Gasteiger partial charge in [-0.3, -0.25) is 4.21 Å². The second-order valence-corrected chi connectivity index (χ2v) is 6.85. The summed E-state index contributed by atoms with van der Waals surface area (Å²) < 4.78 is 25.7. The molecule has 112 valence electrons. The average Bonchev–Trinajstić information content (AvgIpc) is 2.36. The Labute approximate surface area is 127 Å².